The molecular weight excluding hydrogens is 272 g/mol. The van der Waals surface area contributed by atoms with Crippen molar-refractivity contribution in [1.29, 1.82) is 0 Å². The van der Waals surface area contributed by atoms with E-state index in [1.54, 1.807) is 0 Å². The Morgan fingerprint density at radius 2 is 0.545 bits per heavy atom. The SMILES string of the molecule is N.Nc1ccccc1.Nc1ccccc1.Nc1ccccc1. The summed E-state index contributed by atoms with van der Waals surface area (Å²) in [5, 5.41) is 0. The zero-order chi connectivity index (χ0) is 15.3. The van der Waals surface area contributed by atoms with Crippen LogP contribution in [0.25, 0.3) is 0 Å². The molecule has 0 spiro atoms. The molecule has 0 unspecified atom stereocenters. The monoisotopic (exact) mass is 296 g/mol. The van der Waals surface area contributed by atoms with Gasteiger partial charge in [-0.25, -0.2) is 0 Å². The predicted molar refractivity (Wildman–Crippen MR) is 97.6 cm³/mol. The highest BCUT2D eigenvalue weighted by atomic mass is 14.5. The van der Waals surface area contributed by atoms with Crippen LogP contribution in [0.2, 0.25) is 0 Å². The molecule has 0 atom stereocenters. The third-order valence-electron chi connectivity index (χ3n) is 2.40. The van der Waals surface area contributed by atoms with Crippen molar-refractivity contribution in [3.8, 4) is 0 Å². The molecule has 22 heavy (non-hydrogen) atoms. The van der Waals surface area contributed by atoms with Crippen molar-refractivity contribution in [2.45, 2.75) is 0 Å². The number of nitrogens with two attached hydrogens (primary N) is 3. The Bertz CT molecular complexity index is 494. The highest BCUT2D eigenvalue weighted by molar-refractivity contribution is 5.37. The first-order chi connectivity index (χ1) is 10.2. The van der Waals surface area contributed by atoms with Crippen LogP contribution in [0.1, 0.15) is 0 Å². The van der Waals surface area contributed by atoms with E-state index in [0.29, 0.717) is 0 Å². The average molecular weight is 296 g/mol. The van der Waals surface area contributed by atoms with Gasteiger partial charge in [0.15, 0.2) is 0 Å². The largest absolute Gasteiger partial charge is 0.399 e. The van der Waals surface area contributed by atoms with Gasteiger partial charge in [0.25, 0.3) is 0 Å². The summed E-state index contributed by atoms with van der Waals surface area (Å²) in [6.45, 7) is 0. The minimum Gasteiger partial charge on any atom is -0.399 e. The van der Waals surface area contributed by atoms with Crippen LogP contribution in [0.15, 0.2) is 91.0 Å². The molecule has 0 radical (unpaired) electrons. The fraction of sp³-hybridized carbons (Fsp3) is 0. The van der Waals surface area contributed by atoms with Crippen LogP contribution in [-0.2, 0) is 0 Å². The average Bonchev–Trinajstić information content (AvgIpc) is 2.51. The minimum absolute atomic E-state index is 0. The second-order valence-corrected chi connectivity index (χ2v) is 4.23. The van der Waals surface area contributed by atoms with E-state index < -0.39 is 0 Å². The molecule has 0 saturated carbocycles. The fourth-order valence-corrected chi connectivity index (χ4v) is 1.36. The van der Waals surface area contributed by atoms with E-state index >= 15 is 0 Å². The van der Waals surface area contributed by atoms with Crippen molar-refractivity contribution in [3.05, 3.63) is 91.0 Å². The van der Waals surface area contributed by atoms with Gasteiger partial charge in [-0.05, 0) is 36.4 Å². The van der Waals surface area contributed by atoms with Gasteiger partial charge in [-0.3, -0.25) is 0 Å². The van der Waals surface area contributed by atoms with Crippen LogP contribution in [-0.4, -0.2) is 0 Å². The van der Waals surface area contributed by atoms with E-state index in [2.05, 4.69) is 0 Å². The number of para-hydroxylation sites is 3. The summed E-state index contributed by atoms with van der Waals surface area (Å²) in [6, 6.07) is 28.5. The third kappa shape index (κ3) is 9.89. The Kier molecular flexibility index (Phi) is 10.2. The topological polar surface area (TPSA) is 113 Å². The summed E-state index contributed by atoms with van der Waals surface area (Å²) in [5.41, 5.74) is 18.5. The van der Waals surface area contributed by atoms with Crippen molar-refractivity contribution in [2.24, 2.45) is 0 Å². The van der Waals surface area contributed by atoms with Gasteiger partial charge < -0.3 is 23.4 Å². The van der Waals surface area contributed by atoms with E-state index in [1.165, 1.54) is 0 Å². The van der Waals surface area contributed by atoms with Gasteiger partial charge in [0.2, 0.25) is 0 Å². The number of anilines is 3. The fourth-order valence-electron chi connectivity index (χ4n) is 1.36. The molecule has 0 heterocycles. The number of hydrogen-bond donors (Lipinski definition) is 4. The molecule has 4 heteroatoms. The molecule has 0 amide bonds. The molecule has 116 valence electrons. The van der Waals surface area contributed by atoms with Crippen molar-refractivity contribution >= 4 is 17.1 Å². The minimum atomic E-state index is 0. The Morgan fingerprint density at radius 3 is 0.636 bits per heavy atom. The van der Waals surface area contributed by atoms with Gasteiger partial charge in [0.05, 0.1) is 0 Å². The Morgan fingerprint density at radius 1 is 0.364 bits per heavy atom. The summed E-state index contributed by atoms with van der Waals surface area (Å²) in [5.74, 6) is 0. The molecule has 0 aliphatic carbocycles. The molecule has 0 fully saturated rings. The first kappa shape index (κ1) is 19.0. The molecule has 0 aromatic heterocycles. The third-order valence-corrected chi connectivity index (χ3v) is 2.40. The number of hydrogen-bond acceptors (Lipinski definition) is 4. The molecule has 3 aromatic rings. The van der Waals surface area contributed by atoms with E-state index in [4.69, 9.17) is 17.2 Å². The smallest absolute Gasteiger partial charge is 0.0313 e. The first-order valence-electron chi connectivity index (χ1n) is 6.60. The zero-order valence-corrected chi connectivity index (χ0v) is 12.6. The molecule has 0 aliphatic heterocycles. The summed E-state index contributed by atoms with van der Waals surface area (Å²) >= 11 is 0. The summed E-state index contributed by atoms with van der Waals surface area (Å²) in [4.78, 5) is 0. The van der Waals surface area contributed by atoms with E-state index in [9.17, 15) is 0 Å². The van der Waals surface area contributed by atoms with Gasteiger partial charge in [-0.2, -0.15) is 0 Å². The highest BCUT2D eigenvalue weighted by Gasteiger charge is 1.73. The van der Waals surface area contributed by atoms with Crippen LogP contribution < -0.4 is 23.4 Å². The van der Waals surface area contributed by atoms with Crippen LogP contribution >= 0.6 is 0 Å². The van der Waals surface area contributed by atoms with Crippen LogP contribution in [0.4, 0.5) is 17.1 Å². The molecule has 0 saturated heterocycles. The molecule has 0 aliphatic rings. The predicted octanol–water partition coefficient (Wildman–Crippen LogP) is 3.97. The van der Waals surface area contributed by atoms with E-state index in [-0.39, 0.29) is 6.15 Å². The van der Waals surface area contributed by atoms with Crippen LogP contribution in [0.5, 0.6) is 0 Å². The lowest BCUT2D eigenvalue weighted by atomic mass is 10.3. The van der Waals surface area contributed by atoms with E-state index in [0.717, 1.165) is 17.1 Å². The summed E-state index contributed by atoms with van der Waals surface area (Å²) in [6.07, 6.45) is 0. The van der Waals surface area contributed by atoms with Crippen LogP contribution in [0, 0.1) is 0 Å². The second-order valence-electron chi connectivity index (χ2n) is 4.23. The molecular formula is C18H24N4. The van der Waals surface area contributed by atoms with Gasteiger partial charge in [-0.15, -0.1) is 0 Å². The Balaban J connectivity index is 0.000000294. The molecule has 3 rings (SSSR count). The maximum absolute atomic E-state index is 5.36. The van der Waals surface area contributed by atoms with Gasteiger partial charge in [0, 0.05) is 17.1 Å². The van der Waals surface area contributed by atoms with Gasteiger partial charge in [-0.1, -0.05) is 54.6 Å². The Hall–Kier alpha value is -2.98. The maximum Gasteiger partial charge on any atom is 0.0313 e. The molecule has 0 bridgehead atoms. The van der Waals surface area contributed by atoms with Gasteiger partial charge in [0.1, 0.15) is 0 Å². The molecule has 9 N–H and O–H groups in total. The van der Waals surface area contributed by atoms with Crippen molar-refractivity contribution in [1.82, 2.24) is 6.15 Å². The van der Waals surface area contributed by atoms with Gasteiger partial charge >= 0.3 is 0 Å². The first-order valence-corrected chi connectivity index (χ1v) is 6.60. The molecule has 3 aromatic carbocycles. The maximum atomic E-state index is 5.36. The molecule has 4 nitrogen and oxygen atoms in total. The Labute approximate surface area is 132 Å². The highest BCUT2D eigenvalue weighted by Crippen LogP contribution is 1.97. The van der Waals surface area contributed by atoms with Crippen molar-refractivity contribution < 1.29 is 0 Å². The summed E-state index contributed by atoms with van der Waals surface area (Å²) < 4.78 is 0. The van der Waals surface area contributed by atoms with Crippen molar-refractivity contribution in [3.63, 3.8) is 0 Å². The lowest BCUT2D eigenvalue weighted by Gasteiger charge is -1.83. The standard InChI is InChI=1S/3C6H7N.H3N/c3*7-6-4-2-1-3-5-6;/h3*1-5H,7H2;1H3. The van der Waals surface area contributed by atoms with Crippen LogP contribution in [0.3, 0.4) is 0 Å². The zero-order valence-electron chi connectivity index (χ0n) is 12.6. The lowest BCUT2D eigenvalue weighted by molar-refractivity contribution is 1.69. The quantitative estimate of drug-likeness (QED) is 0.470. The summed E-state index contributed by atoms with van der Waals surface area (Å²) in [7, 11) is 0. The normalized spacial score (nSPS) is 8.18. The number of rotatable bonds is 0. The van der Waals surface area contributed by atoms with Crippen molar-refractivity contribution in [2.75, 3.05) is 17.2 Å². The number of benzene rings is 3. The lowest BCUT2D eigenvalue weighted by Crippen LogP contribution is -1.79. The van der Waals surface area contributed by atoms with E-state index in [1.807, 2.05) is 91.0 Å². The number of nitrogen functional groups attached to an aromatic ring is 3. The second kappa shape index (κ2) is 11.8.